The van der Waals surface area contributed by atoms with E-state index in [1.54, 1.807) is 0 Å². The number of aryl methyl sites for hydroxylation is 1. The second kappa shape index (κ2) is 5.23. The number of Topliss-reactive ketones (excluding diaryl/α,β-unsaturated/α-hetero) is 1. The summed E-state index contributed by atoms with van der Waals surface area (Å²) in [5.41, 5.74) is 3.72. The van der Waals surface area contributed by atoms with Gasteiger partial charge < -0.3 is 4.74 Å². The van der Waals surface area contributed by atoms with Gasteiger partial charge in [0.25, 0.3) is 0 Å². The maximum Gasteiger partial charge on any atom is 0.163 e. The molecule has 0 spiro atoms. The lowest BCUT2D eigenvalue weighted by Crippen LogP contribution is -2.19. The highest BCUT2D eigenvalue weighted by Gasteiger charge is 2.22. The van der Waals surface area contributed by atoms with Gasteiger partial charge in [0.1, 0.15) is 0 Å². The molecule has 0 amide bonds. The van der Waals surface area contributed by atoms with E-state index in [2.05, 4.69) is 6.07 Å². The van der Waals surface area contributed by atoms with Crippen molar-refractivity contribution in [1.82, 2.24) is 0 Å². The minimum Gasteiger partial charge on any atom is -0.381 e. The third kappa shape index (κ3) is 2.35. The number of hydrogen-bond acceptors (Lipinski definition) is 2. The first kappa shape index (κ1) is 11.9. The van der Waals surface area contributed by atoms with Crippen LogP contribution in [0.15, 0.2) is 18.2 Å². The minimum absolute atomic E-state index is 0.348. The molecule has 1 aromatic rings. The van der Waals surface area contributed by atoms with Crippen LogP contribution in [0.5, 0.6) is 0 Å². The first-order valence-corrected chi connectivity index (χ1v) is 7.06. The average Bonchev–Trinajstić information content (AvgIpc) is 2.87. The van der Waals surface area contributed by atoms with Crippen molar-refractivity contribution in [3.8, 4) is 0 Å². The van der Waals surface area contributed by atoms with Crippen molar-refractivity contribution in [2.75, 3.05) is 13.2 Å². The minimum atomic E-state index is 0.348. The van der Waals surface area contributed by atoms with Crippen LogP contribution in [-0.2, 0) is 17.6 Å². The van der Waals surface area contributed by atoms with E-state index in [0.717, 1.165) is 44.5 Å². The Labute approximate surface area is 108 Å². The Morgan fingerprint density at radius 1 is 1.22 bits per heavy atom. The smallest absolute Gasteiger partial charge is 0.163 e. The summed E-state index contributed by atoms with van der Waals surface area (Å²) < 4.78 is 5.35. The molecule has 3 rings (SSSR count). The molecule has 1 aliphatic heterocycles. The molecule has 0 bridgehead atoms. The lowest BCUT2D eigenvalue weighted by molar-refractivity contribution is 0.0601. The van der Waals surface area contributed by atoms with E-state index in [-0.39, 0.29) is 0 Å². The first-order chi connectivity index (χ1) is 8.84. The number of rotatable bonds is 3. The van der Waals surface area contributed by atoms with Crippen LogP contribution in [0.1, 0.15) is 47.2 Å². The number of hydrogen-bond donors (Lipinski definition) is 0. The SMILES string of the molecule is O=C(CC1CCOCC1)c1cccc2c1CCC2. The van der Waals surface area contributed by atoms with E-state index in [0.29, 0.717) is 18.1 Å². The van der Waals surface area contributed by atoms with Crippen LogP contribution < -0.4 is 0 Å². The zero-order valence-corrected chi connectivity index (χ0v) is 10.8. The monoisotopic (exact) mass is 244 g/mol. The molecule has 96 valence electrons. The fourth-order valence-corrected chi connectivity index (χ4v) is 3.20. The fourth-order valence-electron chi connectivity index (χ4n) is 3.20. The number of ketones is 1. The van der Waals surface area contributed by atoms with Gasteiger partial charge in [0.05, 0.1) is 0 Å². The molecule has 0 atom stereocenters. The molecule has 0 aromatic heterocycles. The molecule has 18 heavy (non-hydrogen) atoms. The van der Waals surface area contributed by atoms with Crippen LogP contribution in [-0.4, -0.2) is 19.0 Å². The molecule has 1 fully saturated rings. The molecule has 1 aliphatic carbocycles. The quantitative estimate of drug-likeness (QED) is 0.763. The van der Waals surface area contributed by atoms with Gasteiger partial charge in [-0.05, 0) is 49.1 Å². The van der Waals surface area contributed by atoms with Crippen LogP contribution >= 0.6 is 0 Å². The summed E-state index contributed by atoms with van der Waals surface area (Å²) in [4.78, 5) is 12.4. The van der Waals surface area contributed by atoms with Crippen molar-refractivity contribution in [3.63, 3.8) is 0 Å². The summed E-state index contributed by atoms with van der Waals surface area (Å²) in [5.74, 6) is 0.879. The van der Waals surface area contributed by atoms with E-state index < -0.39 is 0 Å². The highest BCUT2D eigenvalue weighted by atomic mass is 16.5. The average molecular weight is 244 g/mol. The van der Waals surface area contributed by atoms with Gasteiger partial charge in [-0.25, -0.2) is 0 Å². The molecule has 1 heterocycles. The van der Waals surface area contributed by atoms with E-state index in [4.69, 9.17) is 4.74 Å². The molecule has 0 saturated carbocycles. The molecule has 1 aromatic carbocycles. The van der Waals surface area contributed by atoms with Gasteiger partial charge in [0, 0.05) is 25.2 Å². The summed E-state index contributed by atoms with van der Waals surface area (Å²) in [5, 5.41) is 0. The molecule has 2 aliphatic rings. The first-order valence-electron chi connectivity index (χ1n) is 7.06. The van der Waals surface area contributed by atoms with Crippen LogP contribution in [0.4, 0.5) is 0 Å². The lowest BCUT2D eigenvalue weighted by Gasteiger charge is -2.21. The second-order valence-corrected chi connectivity index (χ2v) is 5.48. The van der Waals surface area contributed by atoms with E-state index in [1.165, 1.54) is 17.5 Å². The zero-order chi connectivity index (χ0) is 12.4. The molecule has 2 heteroatoms. The van der Waals surface area contributed by atoms with Crippen LogP contribution in [0.25, 0.3) is 0 Å². The third-order valence-corrected chi connectivity index (χ3v) is 4.26. The number of benzene rings is 1. The Bertz CT molecular complexity index is 444. The highest BCUT2D eigenvalue weighted by Crippen LogP contribution is 2.28. The standard InChI is InChI=1S/C16H20O2/c17-16(11-12-7-9-18-10-8-12)15-6-2-4-13-3-1-5-14(13)15/h2,4,6,12H,1,3,5,7-11H2. The second-order valence-electron chi connectivity index (χ2n) is 5.48. The Hall–Kier alpha value is -1.15. The number of carbonyl (C=O) groups is 1. The van der Waals surface area contributed by atoms with E-state index >= 15 is 0 Å². The number of carbonyl (C=O) groups excluding carboxylic acids is 1. The maximum atomic E-state index is 12.4. The Kier molecular flexibility index (Phi) is 3.46. The highest BCUT2D eigenvalue weighted by molar-refractivity contribution is 5.98. The van der Waals surface area contributed by atoms with Crippen molar-refractivity contribution in [3.05, 3.63) is 34.9 Å². The van der Waals surface area contributed by atoms with Crippen LogP contribution in [0.3, 0.4) is 0 Å². The predicted octanol–water partition coefficient (Wildman–Crippen LogP) is 3.17. The Morgan fingerprint density at radius 2 is 2.06 bits per heavy atom. The fraction of sp³-hybridized carbons (Fsp3) is 0.562. The third-order valence-electron chi connectivity index (χ3n) is 4.26. The molecule has 1 saturated heterocycles. The molecule has 0 N–H and O–H groups in total. The largest absolute Gasteiger partial charge is 0.381 e. The van der Waals surface area contributed by atoms with Gasteiger partial charge in [-0.1, -0.05) is 18.2 Å². The topological polar surface area (TPSA) is 26.3 Å². The summed E-state index contributed by atoms with van der Waals surface area (Å²) in [6, 6.07) is 6.24. The number of ether oxygens (including phenoxy) is 1. The summed E-state index contributed by atoms with van der Waals surface area (Å²) in [6.07, 6.45) is 6.23. The summed E-state index contributed by atoms with van der Waals surface area (Å²) >= 11 is 0. The van der Waals surface area contributed by atoms with Gasteiger partial charge in [0.15, 0.2) is 5.78 Å². The van der Waals surface area contributed by atoms with E-state index in [1.807, 2.05) is 12.1 Å². The summed E-state index contributed by atoms with van der Waals surface area (Å²) in [7, 11) is 0. The maximum absolute atomic E-state index is 12.4. The summed E-state index contributed by atoms with van der Waals surface area (Å²) in [6.45, 7) is 1.65. The van der Waals surface area contributed by atoms with Crippen molar-refractivity contribution in [2.24, 2.45) is 5.92 Å². The van der Waals surface area contributed by atoms with E-state index in [9.17, 15) is 4.79 Å². The molecule has 0 unspecified atom stereocenters. The molecule has 2 nitrogen and oxygen atoms in total. The normalized spacial score (nSPS) is 19.8. The van der Waals surface area contributed by atoms with Crippen molar-refractivity contribution in [2.45, 2.75) is 38.5 Å². The molecular formula is C16H20O2. The zero-order valence-electron chi connectivity index (χ0n) is 10.8. The Morgan fingerprint density at radius 3 is 2.89 bits per heavy atom. The van der Waals surface area contributed by atoms with Crippen molar-refractivity contribution in [1.29, 1.82) is 0 Å². The molecule has 0 radical (unpaired) electrons. The van der Waals surface area contributed by atoms with Gasteiger partial charge >= 0.3 is 0 Å². The van der Waals surface area contributed by atoms with Crippen molar-refractivity contribution >= 4 is 5.78 Å². The van der Waals surface area contributed by atoms with Gasteiger partial charge in [-0.2, -0.15) is 0 Å². The van der Waals surface area contributed by atoms with Crippen LogP contribution in [0, 0.1) is 5.92 Å². The predicted molar refractivity (Wildman–Crippen MR) is 71.0 cm³/mol. The van der Waals surface area contributed by atoms with Crippen molar-refractivity contribution < 1.29 is 9.53 Å². The molecular weight excluding hydrogens is 224 g/mol. The van der Waals surface area contributed by atoms with Gasteiger partial charge in [-0.3, -0.25) is 4.79 Å². The van der Waals surface area contributed by atoms with Crippen LogP contribution in [0.2, 0.25) is 0 Å². The number of fused-ring (bicyclic) bond motifs is 1. The van der Waals surface area contributed by atoms with Gasteiger partial charge in [0.2, 0.25) is 0 Å². The Balaban J connectivity index is 1.74. The van der Waals surface area contributed by atoms with Gasteiger partial charge in [-0.15, -0.1) is 0 Å². The lowest BCUT2D eigenvalue weighted by atomic mass is 9.90.